The molecule has 0 spiro atoms. The molecule has 0 bridgehead atoms. The van der Waals surface area contributed by atoms with Crippen molar-refractivity contribution in [3.05, 3.63) is 59.2 Å². The van der Waals surface area contributed by atoms with E-state index < -0.39 is 0 Å². The van der Waals surface area contributed by atoms with Gasteiger partial charge in [-0.15, -0.1) is 0 Å². The molecule has 2 aliphatic rings. The minimum absolute atomic E-state index is 0.0576. The lowest BCUT2D eigenvalue weighted by Gasteiger charge is -2.30. The third-order valence-electron chi connectivity index (χ3n) is 6.52. The third kappa shape index (κ3) is 4.62. The molecule has 5 heteroatoms. The van der Waals surface area contributed by atoms with Gasteiger partial charge in [-0.2, -0.15) is 0 Å². The molecule has 4 rings (SSSR count). The molecule has 2 aromatic rings. The quantitative estimate of drug-likeness (QED) is 0.728. The molecule has 1 aliphatic heterocycles. The predicted octanol–water partition coefficient (Wildman–Crippen LogP) is 3.94. The lowest BCUT2D eigenvalue weighted by atomic mass is 9.81. The zero-order valence-corrected chi connectivity index (χ0v) is 17.7. The normalized spacial score (nSPS) is 22.0. The van der Waals surface area contributed by atoms with Crippen molar-refractivity contribution in [3.8, 4) is 11.5 Å². The summed E-state index contributed by atoms with van der Waals surface area (Å²) in [6, 6.07) is 14.4. The summed E-state index contributed by atoms with van der Waals surface area (Å²) in [5, 5.41) is 3.12. The number of nitrogens with two attached hydrogens (primary N) is 1. The van der Waals surface area contributed by atoms with Crippen LogP contribution in [0.2, 0.25) is 0 Å². The van der Waals surface area contributed by atoms with E-state index in [1.54, 1.807) is 7.11 Å². The minimum Gasteiger partial charge on any atom is -0.493 e. The van der Waals surface area contributed by atoms with Crippen molar-refractivity contribution >= 4 is 5.91 Å². The molecule has 160 valence electrons. The Balaban J connectivity index is 1.51. The first kappa shape index (κ1) is 20.7. The molecule has 1 saturated carbocycles. The first-order valence-corrected chi connectivity index (χ1v) is 11.1. The van der Waals surface area contributed by atoms with Gasteiger partial charge in [0.1, 0.15) is 0 Å². The summed E-state index contributed by atoms with van der Waals surface area (Å²) in [4.78, 5) is 12.6. The Morgan fingerprint density at radius 1 is 1.07 bits per heavy atom. The maximum atomic E-state index is 12.6. The van der Waals surface area contributed by atoms with Crippen LogP contribution in [0.3, 0.4) is 0 Å². The predicted molar refractivity (Wildman–Crippen MR) is 118 cm³/mol. The van der Waals surface area contributed by atoms with Crippen LogP contribution in [0.5, 0.6) is 11.5 Å². The second-order valence-corrected chi connectivity index (χ2v) is 8.49. The largest absolute Gasteiger partial charge is 0.493 e. The molecule has 3 N–H and O–H groups in total. The monoisotopic (exact) mass is 408 g/mol. The number of amides is 1. The zero-order valence-electron chi connectivity index (χ0n) is 17.7. The number of piperidine rings is 1. The summed E-state index contributed by atoms with van der Waals surface area (Å²) in [5.74, 6) is 1.93. The van der Waals surface area contributed by atoms with E-state index in [-0.39, 0.29) is 23.8 Å². The van der Waals surface area contributed by atoms with E-state index in [9.17, 15) is 4.79 Å². The SMILES string of the molecule is COc1ccc([C@H]2CNC(=O)[C@@H](Cc3ccccc3CN)C2)cc1OC1CCCC1. The molecule has 1 heterocycles. The Morgan fingerprint density at radius 2 is 1.83 bits per heavy atom. The van der Waals surface area contributed by atoms with Gasteiger partial charge in [0.15, 0.2) is 11.5 Å². The number of carbonyl (C=O) groups is 1. The van der Waals surface area contributed by atoms with Crippen LogP contribution in [0.25, 0.3) is 0 Å². The van der Waals surface area contributed by atoms with Crippen LogP contribution in [-0.2, 0) is 17.8 Å². The smallest absolute Gasteiger partial charge is 0.223 e. The maximum absolute atomic E-state index is 12.6. The van der Waals surface area contributed by atoms with E-state index in [2.05, 4.69) is 23.5 Å². The van der Waals surface area contributed by atoms with Crippen LogP contribution in [0, 0.1) is 5.92 Å². The highest BCUT2D eigenvalue weighted by Crippen LogP contribution is 2.37. The molecule has 5 nitrogen and oxygen atoms in total. The fourth-order valence-corrected chi connectivity index (χ4v) is 4.78. The van der Waals surface area contributed by atoms with Gasteiger partial charge in [-0.3, -0.25) is 4.79 Å². The molecule has 30 heavy (non-hydrogen) atoms. The fourth-order valence-electron chi connectivity index (χ4n) is 4.78. The molecular weight excluding hydrogens is 376 g/mol. The van der Waals surface area contributed by atoms with Crippen molar-refractivity contribution in [2.75, 3.05) is 13.7 Å². The van der Waals surface area contributed by atoms with Crippen molar-refractivity contribution in [1.29, 1.82) is 0 Å². The Morgan fingerprint density at radius 3 is 2.57 bits per heavy atom. The van der Waals surface area contributed by atoms with E-state index in [0.29, 0.717) is 13.1 Å². The van der Waals surface area contributed by atoms with Crippen LogP contribution >= 0.6 is 0 Å². The number of methoxy groups -OCH3 is 1. The van der Waals surface area contributed by atoms with Crippen LogP contribution in [0.1, 0.15) is 54.7 Å². The van der Waals surface area contributed by atoms with Crippen molar-refractivity contribution in [1.82, 2.24) is 5.32 Å². The standard InChI is InChI=1S/C25H32N2O3/c1-29-23-11-10-18(14-24(23)30-22-8-4-5-9-22)21-13-20(25(28)27-16-21)12-17-6-2-3-7-19(17)15-26/h2-3,6-7,10-11,14,20-22H,4-5,8-9,12-13,15-16,26H2,1H3,(H,27,28)/t20-,21+/m0/s1. The molecule has 1 amide bonds. The molecule has 1 saturated heterocycles. The van der Waals surface area contributed by atoms with E-state index in [1.165, 1.54) is 24.0 Å². The van der Waals surface area contributed by atoms with Gasteiger partial charge in [0, 0.05) is 24.9 Å². The highest BCUT2D eigenvalue weighted by molar-refractivity contribution is 5.80. The lowest BCUT2D eigenvalue weighted by Crippen LogP contribution is -2.41. The summed E-state index contributed by atoms with van der Waals surface area (Å²) in [7, 11) is 1.68. The number of hydrogen-bond acceptors (Lipinski definition) is 4. The van der Waals surface area contributed by atoms with Crippen molar-refractivity contribution in [3.63, 3.8) is 0 Å². The van der Waals surface area contributed by atoms with Gasteiger partial charge in [-0.25, -0.2) is 0 Å². The molecule has 1 aliphatic carbocycles. The highest BCUT2D eigenvalue weighted by Gasteiger charge is 2.30. The number of nitrogens with one attached hydrogen (secondary N) is 1. The minimum atomic E-state index is -0.0576. The number of rotatable bonds is 7. The molecule has 2 aromatic carbocycles. The number of carbonyl (C=O) groups excluding carboxylic acids is 1. The molecule has 0 radical (unpaired) electrons. The van der Waals surface area contributed by atoms with Crippen LogP contribution in [-0.4, -0.2) is 25.7 Å². The van der Waals surface area contributed by atoms with E-state index >= 15 is 0 Å². The third-order valence-corrected chi connectivity index (χ3v) is 6.52. The van der Waals surface area contributed by atoms with Crippen LogP contribution in [0.15, 0.2) is 42.5 Å². The first-order chi connectivity index (χ1) is 14.7. The van der Waals surface area contributed by atoms with Gasteiger partial charge in [-0.05, 0) is 67.3 Å². The summed E-state index contributed by atoms with van der Waals surface area (Å²) in [6.45, 7) is 1.15. The van der Waals surface area contributed by atoms with E-state index in [1.807, 2.05) is 24.3 Å². The van der Waals surface area contributed by atoms with E-state index in [0.717, 1.165) is 42.7 Å². The number of benzene rings is 2. The molecule has 0 aromatic heterocycles. The molecular formula is C25H32N2O3. The zero-order chi connectivity index (χ0) is 20.9. The van der Waals surface area contributed by atoms with Crippen molar-refractivity contribution in [2.45, 2.75) is 57.1 Å². The van der Waals surface area contributed by atoms with E-state index in [4.69, 9.17) is 15.2 Å². The summed E-state index contributed by atoms with van der Waals surface area (Å²) in [5.41, 5.74) is 9.37. The fraction of sp³-hybridized carbons (Fsp3) is 0.480. The van der Waals surface area contributed by atoms with Gasteiger partial charge < -0.3 is 20.5 Å². The topological polar surface area (TPSA) is 73.6 Å². The van der Waals surface area contributed by atoms with Gasteiger partial charge in [-0.1, -0.05) is 30.3 Å². The lowest BCUT2D eigenvalue weighted by molar-refractivity contribution is -0.126. The van der Waals surface area contributed by atoms with Crippen LogP contribution < -0.4 is 20.5 Å². The molecule has 0 unspecified atom stereocenters. The average Bonchev–Trinajstić information content (AvgIpc) is 3.29. The maximum Gasteiger partial charge on any atom is 0.223 e. The second kappa shape index (κ2) is 9.52. The Bertz CT molecular complexity index is 876. The van der Waals surface area contributed by atoms with Gasteiger partial charge in [0.05, 0.1) is 13.2 Å². The average molecular weight is 409 g/mol. The Labute approximate surface area is 178 Å². The number of hydrogen-bond donors (Lipinski definition) is 2. The van der Waals surface area contributed by atoms with Crippen molar-refractivity contribution in [2.24, 2.45) is 11.7 Å². The Hall–Kier alpha value is -2.53. The molecule has 2 fully saturated rings. The summed E-state index contributed by atoms with van der Waals surface area (Å²) >= 11 is 0. The van der Waals surface area contributed by atoms with Gasteiger partial charge in [0.2, 0.25) is 5.91 Å². The highest BCUT2D eigenvalue weighted by atomic mass is 16.5. The summed E-state index contributed by atoms with van der Waals surface area (Å²) < 4.78 is 11.8. The first-order valence-electron chi connectivity index (χ1n) is 11.1. The second-order valence-electron chi connectivity index (χ2n) is 8.49. The van der Waals surface area contributed by atoms with Crippen molar-refractivity contribution < 1.29 is 14.3 Å². The summed E-state index contributed by atoms with van der Waals surface area (Å²) in [6.07, 6.45) is 6.49. The van der Waals surface area contributed by atoms with Gasteiger partial charge >= 0.3 is 0 Å². The number of ether oxygens (including phenoxy) is 2. The van der Waals surface area contributed by atoms with Crippen LogP contribution in [0.4, 0.5) is 0 Å². The van der Waals surface area contributed by atoms with Gasteiger partial charge in [0.25, 0.3) is 0 Å². The molecule has 2 atom stereocenters. The Kier molecular flexibility index (Phi) is 6.58.